The fraction of sp³-hybridized carbons (Fsp3) is 0. The van der Waals surface area contributed by atoms with Crippen LogP contribution in [0.15, 0.2) is 24.5 Å². The highest BCUT2D eigenvalue weighted by Gasteiger charge is 2.12. The molecule has 0 radical (unpaired) electrons. The van der Waals surface area contributed by atoms with Crippen LogP contribution in [0.5, 0.6) is 0 Å². The van der Waals surface area contributed by atoms with Crippen molar-refractivity contribution in [1.29, 1.82) is 0 Å². The molecule has 0 spiro atoms. The highest BCUT2D eigenvalue weighted by atomic mass is 16.4. The number of hydrogen-bond acceptors (Lipinski definition) is 4. The van der Waals surface area contributed by atoms with E-state index in [-0.39, 0.29) is 5.56 Å². The summed E-state index contributed by atoms with van der Waals surface area (Å²) < 4.78 is 0. The summed E-state index contributed by atoms with van der Waals surface area (Å²) in [4.78, 5) is 28.1. The van der Waals surface area contributed by atoms with Gasteiger partial charge in [0.2, 0.25) is 5.78 Å². The van der Waals surface area contributed by atoms with Crippen molar-refractivity contribution < 1.29 is 14.7 Å². The number of carboxylic acids is 1. The van der Waals surface area contributed by atoms with Crippen LogP contribution in [0, 0.1) is 0 Å². The number of carbonyl (C=O) groups excluding carboxylic acids is 2. The Morgan fingerprint density at radius 1 is 1.43 bits per heavy atom. The van der Waals surface area contributed by atoms with Gasteiger partial charge in [0.1, 0.15) is 11.6 Å². The predicted molar refractivity (Wildman–Crippen MR) is 45.4 cm³/mol. The maximum absolute atomic E-state index is 11.1. The molecule has 1 N–H and O–H groups in total. The number of aliphatic carboxylic acids is 1. The van der Waals surface area contributed by atoms with E-state index in [0.29, 0.717) is 11.0 Å². The van der Waals surface area contributed by atoms with Crippen LogP contribution >= 0.6 is 0 Å². The molecule has 2 rings (SSSR count). The van der Waals surface area contributed by atoms with Crippen LogP contribution in [-0.2, 0) is 4.79 Å². The lowest BCUT2D eigenvalue weighted by molar-refractivity contribution is -0.296. The Labute approximate surface area is 78.4 Å². The van der Waals surface area contributed by atoms with Gasteiger partial charge in [0.25, 0.3) is 0 Å². The minimum absolute atomic E-state index is 0.0769. The number of aromatic amines is 1. The lowest BCUT2D eigenvalue weighted by atomic mass is 10.1. The number of H-pyrrole nitrogens is 1. The summed E-state index contributed by atoms with van der Waals surface area (Å²) in [6.45, 7) is 0. The van der Waals surface area contributed by atoms with Crippen molar-refractivity contribution in [3.63, 3.8) is 0 Å². The topological polar surface area (TPSA) is 85.9 Å². The van der Waals surface area contributed by atoms with Crippen molar-refractivity contribution in [1.82, 2.24) is 9.97 Å². The second kappa shape index (κ2) is 2.95. The van der Waals surface area contributed by atoms with Crippen molar-refractivity contribution in [3.8, 4) is 0 Å². The summed E-state index contributed by atoms with van der Waals surface area (Å²) >= 11 is 0. The minimum atomic E-state index is -1.71. The number of pyridine rings is 1. The molecular weight excluding hydrogens is 184 g/mol. The van der Waals surface area contributed by atoms with Crippen LogP contribution in [0.2, 0.25) is 0 Å². The molecule has 5 nitrogen and oxygen atoms in total. The first-order chi connectivity index (χ1) is 6.70. The second-order valence-electron chi connectivity index (χ2n) is 2.72. The fourth-order valence-electron chi connectivity index (χ4n) is 1.25. The van der Waals surface area contributed by atoms with E-state index in [1.165, 1.54) is 6.20 Å². The Bertz CT molecular complexity index is 516. The van der Waals surface area contributed by atoms with Crippen molar-refractivity contribution in [2.75, 3.05) is 0 Å². The molecule has 0 aliphatic heterocycles. The smallest absolute Gasteiger partial charge is 0.210 e. The Hall–Kier alpha value is -2.17. The number of ketones is 1. The first kappa shape index (κ1) is 8.43. The van der Waals surface area contributed by atoms with Gasteiger partial charge in [-0.1, -0.05) is 0 Å². The van der Waals surface area contributed by atoms with Crippen LogP contribution in [-0.4, -0.2) is 21.7 Å². The molecular formula is C9H5N2O3-. The summed E-state index contributed by atoms with van der Waals surface area (Å²) in [6, 6.07) is 3.25. The molecule has 2 heterocycles. The number of carbonyl (C=O) groups is 2. The molecule has 0 amide bonds. The van der Waals surface area contributed by atoms with E-state index in [1.807, 2.05) is 0 Å². The molecule has 5 heteroatoms. The van der Waals surface area contributed by atoms with Gasteiger partial charge in [0.05, 0.1) is 5.56 Å². The van der Waals surface area contributed by atoms with Gasteiger partial charge >= 0.3 is 0 Å². The van der Waals surface area contributed by atoms with E-state index in [4.69, 9.17) is 0 Å². The number of rotatable bonds is 2. The number of fused-ring (bicyclic) bond motifs is 1. The Morgan fingerprint density at radius 3 is 2.93 bits per heavy atom. The first-order valence-electron chi connectivity index (χ1n) is 3.88. The van der Waals surface area contributed by atoms with E-state index < -0.39 is 11.8 Å². The van der Waals surface area contributed by atoms with Crippen LogP contribution in [0.25, 0.3) is 11.0 Å². The lowest BCUT2D eigenvalue weighted by Crippen LogP contribution is -2.31. The van der Waals surface area contributed by atoms with E-state index >= 15 is 0 Å². The fourth-order valence-corrected chi connectivity index (χ4v) is 1.25. The standard InChI is InChI=1S/C9H6N2O3/c12-7(9(13)14)6-4-11-8-5(6)2-1-3-10-8/h1-4H,(H,10,11)(H,13,14)/p-1. The molecule has 70 valence electrons. The van der Waals surface area contributed by atoms with Gasteiger partial charge in [-0.15, -0.1) is 0 Å². The van der Waals surface area contributed by atoms with Gasteiger partial charge in [0, 0.05) is 17.8 Å². The monoisotopic (exact) mass is 189 g/mol. The van der Waals surface area contributed by atoms with E-state index in [1.54, 1.807) is 18.3 Å². The molecule has 0 aromatic carbocycles. The van der Waals surface area contributed by atoms with Crippen LogP contribution in [0.1, 0.15) is 10.4 Å². The summed E-state index contributed by atoms with van der Waals surface area (Å²) in [5.74, 6) is -2.75. The molecule has 14 heavy (non-hydrogen) atoms. The molecule has 0 saturated carbocycles. The first-order valence-corrected chi connectivity index (χ1v) is 3.88. The van der Waals surface area contributed by atoms with Gasteiger partial charge < -0.3 is 14.9 Å². The van der Waals surface area contributed by atoms with Gasteiger partial charge in [-0.2, -0.15) is 0 Å². The highest BCUT2D eigenvalue weighted by molar-refractivity contribution is 6.41. The Morgan fingerprint density at radius 2 is 2.21 bits per heavy atom. The molecule has 2 aromatic rings. The summed E-state index contributed by atoms with van der Waals surface area (Å²) in [6.07, 6.45) is 2.86. The van der Waals surface area contributed by atoms with Gasteiger partial charge in [-0.3, -0.25) is 4.79 Å². The van der Waals surface area contributed by atoms with Crippen molar-refractivity contribution in [2.24, 2.45) is 0 Å². The molecule has 0 aliphatic rings. The lowest BCUT2D eigenvalue weighted by Gasteiger charge is -1.97. The number of aromatic nitrogens is 2. The van der Waals surface area contributed by atoms with Crippen LogP contribution in [0.4, 0.5) is 0 Å². The third kappa shape index (κ3) is 1.15. The Balaban J connectivity index is 2.64. The van der Waals surface area contributed by atoms with Gasteiger partial charge in [-0.25, -0.2) is 4.98 Å². The quantitative estimate of drug-likeness (QED) is 0.509. The summed E-state index contributed by atoms with van der Waals surface area (Å²) in [5, 5.41) is 10.8. The minimum Gasteiger partial charge on any atom is -0.541 e. The molecule has 0 fully saturated rings. The zero-order valence-electron chi connectivity index (χ0n) is 6.98. The number of hydrogen-bond donors (Lipinski definition) is 1. The largest absolute Gasteiger partial charge is 0.541 e. The third-order valence-electron chi connectivity index (χ3n) is 1.88. The van der Waals surface area contributed by atoms with Crippen LogP contribution < -0.4 is 5.11 Å². The van der Waals surface area contributed by atoms with E-state index in [2.05, 4.69) is 9.97 Å². The van der Waals surface area contributed by atoms with Crippen LogP contribution in [0.3, 0.4) is 0 Å². The zero-order chi connectivity index (χ0) is 10.1. The molecule has 2 aromatic heterocycles. The maximum atomic E-state index is 11.1. The van der Waals surface area contributed by atoms with Gasteiger partial charge in [-0.05, 0) is 12.1 Å². The third-order valence-corrected chi connectivity index (χ3v) is 1.88. The van der Waals surface area contributed by atoms with Crippen molar-refractivity contribution in [3.05, 3.63) is 30.1 Å². The summed E-state index contributed by atoms with van der Waals surface area (Å²) in [5.41, 5.74) is 0.560. The number of Topliss-reactive ketones (excluding diaryl/α,β-unsaturated/α-hetero) is 1. The molecule has 0 bridgehead atoms. The number of nitrogens with one attached hydrogen (secondary N) is 1. The molecule has 0 aliphatic carbocycles. The average Bonchev–Trinajstić information content (AvgIpc) is 2.60. The number of nitrogens with zero attached hydrogens (tertiary/aromatic N) is 1. The highest BCUT2D eigenvalue weighted by Crippen LogP contribution is 2.15. The van der Waals surface area contributed by atoms with Crippen molar-refractivity contribution >= 4 is 22.8 Å². The predicted octanol–water partition coefficient (Wildman–Crippen LogP) is -0.505. The molecule has 0 atom stereocenters. The molecule has 0 saturated heterocycles. The SMILES string of the molecule is O=C([O-])C(=O)c1c[nH]c2ncccc12. The van der Waals surface area contributed by atoms with Crippen molar-refractivity contribution in [2.45, 2.75) is 0 Å². The number of carboxylic acid groups (broad SMARTS) is 1. The summed E-state index contributed by atoms with van der Waals surface area (Å²) in [7, 11) is 0. The van der Waals surface area contributed by atoms with E-state index in [0.717, 1.165) is 0 Å². The Kier molecular flexibility index (Phi) is 1.78. The maximum Gasteiger partial charge on any atom is 0.210 e. The normalized spacial score (nSPS) is 10.3. The zero-order valence-corrected chi connectivity index (χ0v) is 6.98. The average molecular weight is 189 g/mol. The molecule has 0 unspecified atom stereocenters. The van der Waals surface area contributed by atoms with Gasteiger partial charge in [0.15, 0.2) is 0 Å². The second-order valence-corrected chi connectivity index (χ2v) is 2.72. The van der Waals surface area contributed by atoms with E-state index in [9.17, 15) is 14.7 Å².